The Morgan fingerprint density at radius 3 is 2.16 bits per heavy atom. The van der Waals surface area contributed by atoms with E-state index in [1.165, 1.54) is 24.1 Å². The molecule has 38 heavy (non-hydrogen) atoms. The normalized spacial score (nSPS) is 17.6. The smallest absolute Gasteiger partial charge is 0.409 e. The third kappa shape index (κ3) is 4.14. The van der Waals surface area contributed by atoms with E-state index in [0.29, 0.717) is 17.7 Å². The number of alkyl halides is 3. The van der Waals surface area contributed by atoms with Crippen LogP contribution in [0.25, 0.3) is 0 Å². The van der Waals surface area contributed by atoms with Crippen LogP contribution in [0, 0.1) is 0 Å². The van der Waals surface area contributed by atoms with Gasteiger partial charge in [0.05, 0.1) is 6.61 Å². The summed E-state index contributed by atoms with van der Waals surface area (Å²) in [6, 6.07) is 13.4. The number of amides is 1. The topological polar surface area (TPSA) is 75.0 Å². The van der Waals surface area contributed by atoms with Gasteiger partial charge in [0.1, 0.15) is 17.9 Å². The largest absolute Gasteiger partial charge is 0.502 e. The van der Waals surface area contributed by atoms with Crippen LogP contribution >= 0.6 is 0 Å². The molecule has 2 aliphatic rings. The molecule has 1 aliphatic carbocycles. The lowest BCUT2D eigenvalue weighted by Crippen LogP contribution is -2.58. The van der Waals surface area contributed by atoms with Crippen molar-refractivity contribution < 1.29 is 27.8 Å². The van der Waals surface area contributed by atoms with Crippen molar-refractivity contribution >= 4 is 5.91 Å². The summed E-state index contributed by atoms with van der Waals surface area (Å²) in [5.74, 6) is -2.13. The Hall–Kier alpha value is -4.05. The molecule has 0 saturated carbocycles. The van der Waals surface area contributed by atoms with Gasteiger partial charge in [-0.3, -0.25) is 19.5 Å². The summed E-state index contributed by atoms with van der Waals surface area (Å²) in [4.78, 5) is 26.6. The number of halogens is 3. The number of fused-ring (bicyclic) bond motifs is 3. The van der Waals surface area contributed by atoms with Crippen LogP contribution in [0.15, 0.2) is 77.5 Å². The van der Waals surface area contributed by atoms with E-state index in [0.717, 1.165) is 35.2 Å². The van der Waals surface area contributed by atoms with Crippen LogP contribution in [-0.4, -0.2) is 46.5 Å². The molecule has 2 heterocycles. The van der Waals surface area contributed by atoms with E-state index in [2.05, 4.69) is 0 Å². The predicted octanol–water partition coefficient (Wildman–Crippen LogP) is 4.27. The van der Waals surface area contributed by atoms with Gasteiger partial charge in [-0.05, 0) is 48.1 Å². The predicted molar refractivity (Wildman–Crippen MR) is 134 cm³/mol. The Labute approximate surface area is 217 Å². The second-order valence-electron chi connectivity index (χ2n) is 9.28. The summed E-state index contributed by atoms with van der Waals surface area (Å²) < 4.78 is 49.0. The van der Waals surface area contributed by atoms with Crippen LogP contribution in [0.2, 0.25) is 0 Å². The molecule has 2 aromatic carbocycles. The van der Waals surface area contributed by atoms with Crippen molar-refractivity contribution in [1.29, 1.82) is 0 Å². The van der Waals surface area contributed by atoms with Crippen molar-refractivity contribution in [2.24, 2.45) is 0 Å². The fraction of sp³-hybridized carbons (Fsp3) is 0.286. The van der Waals surface area contributed by atoms with Gasteiger partial charge in [0.25, 0.3) is 5.91 Å². The molecule has 0 unspecified atom stereocenters. The quantitative estimate of drug-likeness (QED) is 0.551. The summed E-state index contributed by atoms with van der Waals surface area (Å²) in [7, 11) is 1.40. The monoisotopic (exact) mass is 525 g/mol. The Bertz CT molecular complexity index is 1430. The second-order valence-corrected chi connectivity index (χ2v) is 9.28. The number of carbonyl (C=O) groups excluding carboxylic acids is 1. The molecule has 3 aromatic rings. The van der Waals surface area contributed by atoms with Crippen molar-refractivity contribution in [3.63, 3.8) is 0 Å². The lowest BCUT2D eigenvalue weighted by atomic mass is 9.93. The lowest BCUT2D eigenvalue weighted by Gasteiger charge is -2.47. The maximum atomic E-state index is 14.2. The van der Waals surface area contributed by atoms with Gasteiger partial charge < -0.3 is 9.84 Å². The first kappa shape index (κ1) is 25.6. The molecule has 0 saturated heterocycles. The minimum Gasteiger partial charge on any atom is -0.502 e. The first-order chi connectivity index (χ1) is 18.1. The SMILES string of the molecule is COC/C=C1\N([C@@H](C)C(F)(F)F)C(=O)c2c(O)c(=O)ccn2N1C1c2ccccc2CCc2ccccc21. The number of aryl methyl sites for hydroxylation is 2. The number of ether oxygens (including phenoxy) is 1. The minimum atomic E-state index is -4.79. The van der Waals surface area contributed by atoms with E-state index in [9.17, 15) is 27.9 Å². The highest BCUT2D eigenvalue weighted by Gasteiger charge is 2.50. The number of carbonyl (C=O) groups is 1. The Morgan fingerprint density at radius 1 is 1.03 bits per heavy atom. The molecule has 7 nitrogen and oxygen atoms in total. The summed E-state index contributed by atoms with van der Waals surface area (Å²) >= 11 is 0. The van der Waals surface area contributed by atoms with E-state index in [4.69, 9.17) is 4.74 Å². The zero-order valence-corrected chi connectivity index (χ0v) is 20.8. The number of methoxy groups -OCH3 is 1. The van der Waals surface area contributed by atoms with Crippen molar-refractivity contribution in [2.45, 2.75) is 38.0 Å². The maximum absolute atomic E-state index is 14.2. The van der Waals surface area contributed by atoms with Gasteiger partial charge in [-0.1, -0.05) is 48.5 Å². The number of hydrogen-bond donors (Lipinski definition) is 1. The highest BCUT2D eigenvalue weighted by Crippen LogP contribution is 2.42. The number of pyridine rings is 1. The van der Waals surface area contributed by atoms with Gasteiger partial charge in [0.2, 0.25) is 5.43 Å². The van der Waals surface area contributed by atoms with Crippen LogP contribution in [0.1, 0.15) is 45.7 Å². The summed E-state index contributed by atoms with van der Waals surface area (Å²) in [6.45, 7) is 0.789. The summed E-state index contributed by atoms with van der Waals surface area (Å²) in [5.41, 5.74) is 2.26. The molecule has 5 rings (SSSR count). The van der Waals surface area contributed by atoms with E-state index >= 15 is 0 Å². The standard InChI is InChI=1S/C28H26F3N3O4/c1-17(28(29,30)31)33-23(14-16-38-2)34(32-15-13-22(35)26(36)25(32)27(33)37)24-20-9-5-3-7-18(20)11-12-19-8-4-6-10-21(19)24/h3-10,13-15,17,24,36H,11-12,16H2,1-2H3/b23-14+/t17-/m0/s1. The van der Waals surface area contributed by atoms with E-state index in [-0.39, 0.29) is 12.4 Å². The first-order valence-electron chi connectivity index (χ1n) is 12.1. The number of hydrogen-bond acceptors (Lipinski definition) is 5. The fourth-order valence-corrected chi connectivity index (χ4v) is 5.22. The van der Waals surface area contributed by atoms with Crippen LogP contribution in [0.4, 0.5) is 13.2 Å². The molecule has 1 N–H and O–H groups in total. The van der Waals surface area contributed by atoms with E-state index in [1.807, 2.05) is 48.5 Å². The number of rotatable bonds is 4. The average Bonchev–Trinajstić information content (AvgIpc) is 3.05. The van der Waals surface area contributed by atoms with Crippen molar-refractivity contribution in [2.75, 3.05) is 18.7 Å². The van der Waals surface area contributed by atoms with E-state index < -0.39 is 41.0 Å². The molecular weight excluding hydrogens is 499 g/mol. The van der Waals surface area contributed by atoms with Gasteiger partial charge in [0, 0.05) is 19.4 Å². The molecule has 0 spiro atoms. The highest BCUT2D eigenvalue weighted by molar-refractivity contribution is 5.98. The Morgan fingerprint density at radius 2 is 1.61 bits per heavy atom. The van der Waals surface area contributed by atoms with Crippen molar-refractivity contribution in [3.05, 3.63) is 111 Å². The van der Waals surface area contributed by atoms with Gasteiger partial charge in [-0.15, -0.1) is 0 Å². The maximum Gasteiger partial charge on any atom is 0.409 e. The molecule has 1 amide bonds. The first-order valence-corrected chi connectivity index (χ1v) is 12.1. The molecule has 1 aromatic heterocycles. The zero-order chi connectivity index (χ0) is 27.2. The zero-order valence-electron chi connectivity index (χ0n) is 20.8. The number of benzene rings is 2. The van der Waals surface area contributed by atoms with Gasteiger partial charge in [-0.2, -0.15) is 13.2 Å². The van der Waals surface area contributed by atoms with Crippen LogP contribution in [-0.2, 0) is 17.6 Å². The van der Waals surface area contributed by atoms with E-state index in [1.54, 1.807) is 5.01 Å². The molecular formula is C28H26F3N3O4. The number of aromatic nitrogens is 1. The molecule has 1 atom stereocenters. The highest BCUT2D eigenvalue weighted by atomic mass is 19.4. The van der Waals surface area contributed by atoms with Crippen LogP contribution < -0.4 is 10.4 Å². The third-order valence-corrected chi connectivity index (χ3v) is 7.09. The summed E-state index contributed by atoms with van der Waals surface area (Å²) in [5, 5.41) is 12.2. The molecule has 1 aliphatic heterocycles. The van der Waals surface area contributed by atoms with Gasteiger partial charge in [-0.25, -0.2) is 4.68 Å². The molecule has 10 heteroatoms. The van der Waals surface area contributed by atoms with Gasteiger partial charge in [0.15, 0.2) is 11.4 Å². The average molecular weight is 526 g/mol. The summed E-state index contributed by atoms with van der Waals surface area (Å²) in [6.07, 6.45) is -0.660. The van der Waals surface area contributed by atoms with Crippen molar-refractivity contribution in [1.82, 2.24) is 9.58 Å². The number of aromatic hydroxyl groups is 1. The minimum absolute atomic E-state index is 0.0752. The molecule has 198 valence electrons. The fourth-order valence-electron chi connectivity index (χ4n) is 5.22. The Kier molecular flexibility index (Phi) is 6.52. The molecule has 0 fully saturated rings. The molecule has 0 radical (unpaired) electrons. The second kappa shape index (κ2) is 9.68. The third-order valence-electron chi connectivity index (χ3n) is 7.09. The van der Waals surface area contributed by atoms with Crippen molar-refractivity contribution in [3.8, 4) is 5.75 Å². The van der Waals surface area contributed by atoms with Crippen LogP contribution in [0.5, 0.6) is 5.75 Å². The molecule has 0 bridgehead atoms. The van der Waals surface area contributed by atoms with Crippen LogP contribution in [0.3, 0.4) is 0 Å². The lowest BCUT2D eigenvalue weighted by molar-refractivity contribution is -0.169. The number of nitrogens with zero attached hydrogens (tertiary/aromatic N) is 3. The Balaban J connectivity index is 1.88. The van der Waals surface area contributed by atoms with Gasteiger partial charge >= 0.3 is 6.18 Å².